The van der Waals surface area contributed by atoms with Gasteiger partial charge in [0.05, 0.1) is 7.11 Å². The van der Waals surface area contributed by atoms with E-state index in [1.807, 2.05) is 6.92 Å². The normalized spacial score (nSPS) is 16.4. The molecule has 0 aromatic rings. The highest BCUT2D eigenvalue weighted by molar-refractivity contribution is 6.48. The molecule has 1 aliphatic carbocycles. The summed E-state index contributed by atoms with van der Waals surface area (Å²) in [5, 5.41) is 0. The topological polar surface area (TPSA) is 43.4 Å². The van der Waals surface area contributed by atoms with E-state index in [4.69, 9.17) is 4.74 Å². The van der Waals surface area contributed by atoms with Gasteiger partial charge in [0.1, 0.15) is 5.76 Å². The van der Waals surface area contributed by atoms with E-state index in [1.54, 1.807) is 6.08 Å². The van der Waals surface area contributed by atoms with E-state index in [0.29, 0.717) is 17.8 Å². The van der Waals surface area contributed by atoms with Crippen LogP contribution in [0.25, 0.3) is 0 Å². The Morgan fingerprint density at radius 3 is 2.57 bits per heavy atom. The number of carbonyl (C=O) groups excluding carboxylic acids is 2. The van der Waals surface area contributed by atoms with Crippen LogP contribution in [-0.4, -0.2) is 18.7 Å². The summed E-state index contributed by atoms with van der Waals surface area (Å²) < 4.78 is 4.93. The Morgan fingerprint density at radius 2 is 2.00 bits per heavy atom. The molecule has 0 fully saturated rings. The number of Topliss-reactive ketones (excluding diaryl/α,β-unsaturated/α-hetero) is 1. The molecule has 0 spiro atoms. The predicted molar refractivity (Wildman–Crippen MR) is 52.7 cm³/mol. The lowest BCUT2D eigenvalue weighted by atomic mass is 9.97. The lowest BCUT2D eigenvalue weighted by Crippen LogP contribution is -2.18. The van der Waals surface area contributed by atoms with Gasteiger partial charge in [-0.3, -0.25) is 9.59 Å². The third-order valence-electron chi connectivity index (χ3n) is 2.14. The summed E-state index contributed by atoms with van der Waals surface area (Å²) in [6, 6.07) is 0. The second kappa shape index (κ2) is 4.74. The van der Waals surface area contributed by atoms with Crippen molar-refractivity contribution in [2.24, 2.45) is 0 Å². The van der Waals surface area contributed by atoms with Crippen molar-refractivity contribution in [3.8, 4) is 0 Å². The van der Waals surface area contributed by atoms with Crippen LogP contribution in [0, 0.1) is 0 Å². The number of rotatable bonds is 4. The third kappa shape index (κ3) is 2.31. The van der Waals surface area contributed by atoms with Crippen LogP contribution in [0.1, 0.15) is 26.2 Å². The van der Waals surface area contributed by atoms with Crippen LogP contribution < -0.4 is 0 Å². The van der Waals surface area contributed by atoms with Gasteiger partial charge in [0.15, 0.2) is 0 Å². The molecule has 0 atom stereocenters. The van der Waals surface area contributed by atoms with Crippen LogP contribution >= 0.6 is 0 Å². The average molecular weight is 194 g/mol. The summed E-state index contributed by atoms with van der Waals surface area (Å²) in [5.74, 6) is -0.393. The van der Waals surface area contributed by atoms with Gasteiger partial charge >= 0.3 is 0 Å². The molecule has 0 aromatic carbocycles. The van der Waals surface area contributed by atoms with E-state index in [0.717, 1.165) is 12.8 Å². The van der Waals surface area contributed by atoms with Crippen molar-refractivity contribution in [1.29, 1.82) is 0 Å². The molecule has 0 radical (unpaired) electrons. The number of allylic oxidation sites excluding steroid dienone is 3. The molecular formula is C11H14O3. The summed E-state index contributed by atoms with van der Waals surface area (Å²) >= 11 is 0. The second-order valence-corrected chi connectivity index (χ2v) is 3.22. The first kappa shape index (κ1) is 10.7. The van der Waals surface area contributed by atoms with Crippen LogP contribution in [0.3, 0.4) is 0 Å². The van der Waals surface area contributed by atoms with Crippen LogP contribution in [-0.2, 0) is 14.3 Å². The molecule has 0 aromatic heterocycles. The molecule has 0 amide bonds. The molecule has 0 saturated carbocycles. The van der Waals surface area contributed by atoms with Crippen molar-refractivity contribution in [3.05, 3.63) is 23.5 Å². The van der Waals surface area contributed by atoms with Crippen molar-refractivity contribution in [3.63, 3.8) is 0 Å². The lowest BCUT2D eigenvalue weighted by molar-refractivity contribution is -0.131. The number of hydrogen-bond acceptors (Lipinski definition) is 3. The largest absolute Gasteiger partial charge is 0.497 e. The van der Waals surface area contributed by atoms with Crippen molar-refractivity contribution in [1.82, 2.24) is 0 Å². The zero-order chi connectivity index (χ0) is 10.6. The number of methoxy groups -OCH3 is 1. The minimum atomic E-state index is -0.476. The number of ketones is 2. The number of unbranched alkanes of at least 4 members (excludes halogenated alkanes) is 1. The van der Waals surface area contributed by atoms with E-state index in [2.05, 4.69) is 0 Å². The Balaban J connectivity index is 2.80. The molecule has 1 aliphatic rings. The number of carbonyl (C=O) groups is 2. The van der Waals surface area contributed by atoms with Crippen LogP contribution in [0.2, 0.25) is 0 Å². The van der Waals surface area contributed by atoms with E-state index in [9.17, 15) is 9.59 Å². The SMILES string of the molecule is CCCCC1=CC(OC)=CC(=O)C1=O. The van der Waals surface area contributed by atoms with Crippen LogP contribution in [0.5, 0.6) is 0 Å². The fourth-order valence-corrected chi connectivity index (χ4v) is 1.30. The standard InChI is InChI=1S/C11H14O3/c1-3-4-5-8-6-9(14-2)7-10(12)11(8)13/h6-7H,3-5H2,1-2H3. The van der Waals surface area contributed by atoms with E-state index in [-0.39, 0.29) is 5.78 Å². The zero-order valence-electron chi connectivity index (χ0n) is 8.50. The van der Waals surface area contributed by atoms with Gasteiger partial charge in [0.25, 0.3) is 0 Å². The summed E-state index contributed by atoms with van der Waals surface area (Å²) in [4.78, 5) is 22.6. The smallest absolute Gasteiger partial charge is 0.229 e. The molecule has 0 heterocycles. The molecule has 14 heavy (non-hydrogen) atoms. The molecule has 0 aliphatic heterocycles. The molecule has 1 rings (SSSR count). The molecular weight excluding hydrogens is 180 g/mol. The molecule has 0 unspecified atom stereocenters. The van der Waals surface area contributed by atoms with Crippen LogP contribution in [0.15, 0.2) is 23.5 Å². The summed E-state index contributed by atoms with van der Waals surface area (Å²) in [6.07, 6.45) is 5.46. The van der Waals surface area contributed by atoms with Gasteiger partial charge < -0.3 is 4.74 Å². The maximum atomic E-state index is 11.4. The summed E-state index contributed by atoms with van der Waals surface area (Å²) in [5.41, 5.74) is 0.566. The van der Waals surface area contributed by atoms with E-state index in [1.165, 1.54) is 13.2 Å². The van der Waals surface area contributed by atoms with Crippen molar-refractivity contribution < 1.29 is 14.3 Å². The average Bonchev–Trinajstić information content (AvgIpc) is 2.20. The van der Waals surface area contributed by atoms with Gasteiger partial charge in [-0.1, -0.05) is 13.3 Å². The van der Waals surface area contributed by atoms with Crippen LogP contribution in [0.4, 0.5) is 0 Å². The fourth-order valence-electron chi connectivity index (χ4n) is 1.30. The molecule has 0 saturated heterocycles. The lowest BCUT2D eigenvalue weighted by Gasteiger charge is -2.10. The van der Waals surface area contributed by atoms with Crippen molar-refractivity contribution in [2.75, 3.05) is 7.11 Å². The Labute approximate surface area is 83.4 Å². The first-order valence-electron chi connectivity index (χ1n) is 4.74. The molecule has 3 heteroatoms. The predicted octanol–water partition coefficient (Wildman–Crippen LogP) is 1.79. The zero-order valence-corrected chi connectivity index (χ0v) is 8.50. The minimum absolute atomic E-state index is 0.390. The third-order valence-corrected chi connectivity index (χ3v) is 2.14. The van der Waals surface area contributed by atoms with Gasteiger partial charge in [-0.25, -0.2) is 0 Å². The Kier molecular flexibility index (Phi) is 3.63. The first-order chi connectivity index (χ1) is 6.69. The van der Waals surface area contributed by atoms with Crippen molar-refractivity contribution in [2.45, 2.75) is 26.2 Å². The Morgan fingerprint density at radius 1 is 1.29 bits per heavy atom. The quantitative estimate of drug-likeness (QED) is 0.506. The molecule has 0 bridgehead atoms. The van der Waals surface area contributed by atoms with Gasteiger partial charge in [-0.15, -0.1) is 0 Å². The van der Waals surface area contributed by atoms with E-state index < -0.39 is 5.78 Å². The summed E-state index contributed by atoms with van der Waals surface area (Å²) in [6.45, 7) is 2.04. The first-order valence-corrected chi connectivity index (χ1v) is 4.74. The van der Waals surface area contributed by atoms with Gasteiger partial charge in [-0.05, 0) is 18.9 Å². The van der Waals surface area contributed by atoms with Gasteiger partial charge in [0, 0.05) is 11.6 Å². The maximum absolute atomic E-state index is 11.4. The summed E-state index contributed by atoms with van der Waals surface area (Å²) in [7, 11) is 1.49. The highest BCUT2D eigenvalue weighted by atomic mass is 16.5. The molecule has 0 N–H and O–H groups in total. The highest BCUT2D eigenvalue weighted by Gasteiger charge is 2.21. The Bertz CT molecular complexity index is 310. The van der Waals surface area contributed by atoms with Gasteiger partial charge in [-0.2, -0.15) is 0 Å². The number of hydrogen-bond donors (Lipinski definition) is 0. The second-order valence-electron chi connectivity index (χ2n) is 3.22. The molecule has 3 nitrogen and oxygen atoms in total. The fraction of sp³-hybridized carbons (Fsp3) is 0.455. The Hall–Kier alpha value is -1.38. The van der Waals surface area contributed by atoms with Gasteiger partial charge in [0.2, 0.25) is 11.6 Å². The van der Waals surface area contributed by atoms with E-state index >= 15 is 0 Å². The molecule has 76 valence electrons. The number of ether oxygens (including phenoxy) is 1. The highest BCUT2D eigenvalue weighted by Crippen LogP contribution is 2.17. The monoisotopic (exact) mass is 194 g/mol. The van der Waals surface area contributed by atoms with Crippen molar-refractivity contribution >= 4 is 11.6 Å². The maximum Gasteiger partial charge on any atom is 0.229 e. The minimum Gasteiger partial charge on any atom is -0.497 e.